The summed E-state index contributed by atoms with van der Waals surface area (Å²) in [4.78, 5) is 26.1. The molecular formula is C26H36F2O9S. The van der Waals surface area contributed by atoms with E-state index in [-0.39, 0.29) is 38.2 Å². The molecule has 0 aromatic rings. The number of carbonyl (C=O) groups excluding carboxylic acids is 2. The highest BCUT2D eigenvalue weighted by atomic mass is 32.2. The van der Waals surface area contributed by atoms with Crippen molar-refractivity contribution in [2.75, 3.05) is 13.2 Å². The number of alkyl halides is 2. The first kappa shape index (κ1) is 26.8. The Morgan fingerprint density at radius 3 is 2.16 bits per heavy atom. The standard InChI is InChI=1S/C26H36F2O9S/c1-22(18-3-15-2-16(5-18)6-19(22)4-15)37-20(29)10-36-25-9-17-7-23(12-25,11-24(31,8-17)13-25)21(30)35-14-26(27,28)38(32,33)34/h15-19,31H,2-14H2,1H3,(H,32,33,34). The van der Waals surface area contributed by atoms with Crippen molar-refractivity contribution in [2.45, 2.75) is 99.6 Å². The van der Waals surface area contributed by atoms with Gasteiger partial charge in [-0.25, -0.2) is 4.79 Å². The number of rotatable bonds is 8. The van der Waals surface area contributed by atoms with Crippen molar-refractivity contribution in [3.05, 3.63) is 0 Å². The number of ether oxygens (including phenoxy) is 3. The molecule has 4 unspecified atom stereocenters. The van der Waals surface area contributed by atoms with Gasteiger partial charge >= 0.3 is 27.3 Å². The zero-order valence-corrected chi connectivity index (χ0v) is 22.3. The number of aliphatic hydroxyl groups is 1. The Labute approximate surface area is 220 Å². The fraction of sp³-hybridized carbons (Fsp3) is 0.923. The van der Waals surface area contributed by atoms with Crippen molar-refractivity contribution in [3.63, 3.8) is 0 Å². The average molecular weight is 563 g/mol. The van der Waals surface area contributed by atoms with Crippen LogP contribution in [0, 0.1) is 35.0 Å². The molecule has 9 nitrogen and oxygen atoms in total. The molecule has 0 aromatic carbocycles. The lowest BCUT2D eigenvalue weighted by Gasteiger charge is -2.63. The molecule has 0 aromatic heterocycles. The van der Waals surface area contributed by atoms with E-state index in [4.69, 9.17) is 18.8 Å². The van der Waals surface area contributed by atoms with Crippen LogP contribution in [0.15, 0.2) is 0 Å². The van der Waals surface area contributed by atoms with Crippen LogP contribution < -0.4 is 0 Å². The second-order valence-electron chi connectivity index (χ2n) is 13.6. The minimum absolute atomic E-state index is 0.0217. The summed E-state index contributed by atoms with van der Waals surface area (Å²) in [5.41, 5.74) is -4.18. The third-order valence-corrected chi connectivity index (χ3v) is 11.6. The average Bonchev–Trinajstić information content (AvgIpc) is 2.77. The molecule has 0 saturated heterocycles. The van der Waals surface area contributed by atoms with E-state index in [1.807, 2.05) is 6.92 Å². The van der Waals surface area contributed by atoms with Crippen LogP contribution in [0.1, 0.15) is 77.6 Å². The lowest BCUT2D eigenvalue weighted by atomic mass is 9.46. The van der Waals surface area contributed by atoms with Gasteiger partial charge in [0.05, 0.1) is 16.6 Å². The monoisotopic (exact) mass is 562 g/mol. The van der Waals surface area contributed by atoms with Crippen molar-refractivity contribution in [2.24, 2.45) is 35.0 Å². The van der Waals surface area contributed by atoms with Gasteiger partial charge in [-0.3, -0.25) is 9.35 Å². The first-order chi connectivity index (χ1) is 17.5. The molecule has 8 saturated carbocycles. The Morgan fingerprint density at radius 2 is 1.58 bits per heavy atom. The molecule has 4 atom stereocenters. The van der Waals surface area contributed by atoms with Crippen LogP contribution in [0.25, 0.3) is 0 Å². The number of esters is 2. The summed E-state index contributed by atoms with van der Waals surface area (Å²) in [5.74, 6) is 0.461. The summed E-state index contributed by atoms with van der Waals surface area (Å²) in [7, 11) is -5.76. The van der Waals surface area contributed by atoms with E-state index >= 15 is 0 Å². The highest BCUT2D eigenvalue weighted by molar-refractivity contribution is 7.86. The number of halogens is 2. The van der Waals surface area contributed by atoms with E-state index in [9.17, 15) is 31.9 Å². The second-order valence-corrected chi connectivity index (χ2v) is 15.2. The molecule has 0 radical (unpaired) electrons. The number of hydrogen-bond acceptors (Lipinski definition) is 8. The molecule has 8 bridgehead atoms. The van der Waals surface area contributed by atoms with Gasteiger partial charge < -0.3 is 19.3 Å². The highest BCUT2D eigenvalue weighted by Crippen LogP contribution is 2.65. The summed E-state index contributed by atoms with van der Waals surface area (Å²) in [6.45, 7) is -0.117. The minimum Gasteiger partial charge on any atom is -0.458 e. The largest absolute Gasteiger partial charge is 0.458 e. The molecule has 38 heavy (non-hydrogen) atoms. The predicted molar refractivity (Wildman–Crippen MR) is 126 cm³/mol. The lowest BCUT2D eigenvalue weighted by molar-refractivity contribution is -0.256. The normalized spacial score (nSPS) is 46.8. The summed E-state index contributed by atoms with van der Waals surface area (Å²) in [6, 6.07) is 0. The summed E-state index contributed by atoms with van der Waals surface area (Å²) in [6.07, 6.45) is 7.05. The molecule has 8 rings (SSSR count). The smallest absolute Gasteiger partial charge is 0.402 e. The van der Waals surface area contributed by atoms with Crippen molar-refractivity contribution in [1.82, 2.24) is 0 Å². The number of carbonyl (C=O) groups is 2. The molecule has 0 spiro atoms. The molecule has 0 heterocycles. The number of hydrogen-bond donors (Lipinski definition) is 2. The SMILES string of the molecule is CC1(OC(=O)COC23CC4CC(O)(C2)CC(C(=O)OCC(F)(F)S(=O)(=O)O)(C4)C3)C2CC3CC(C2)CC1C3. The minimum atomic E-state index is -5.76. The van der Waals surface area contributed by atoms with Gasteiger partial charge in [-0.15, -0.1) is 0 Å². The highest BCUT2D eigenvalue weighted by Gasteiger charge is 2.67. The van der Waals surface area contributed by atoms with Gasteiger partial charge in [0, 0.05) is 6.42 Å². The van der Waals surface area contributed by atoms with Crippen molar-refractivity contribution in [3.8, 4) is 0 Å². The molecule has 2 N–H and O–H groups in total. The van der Waals surface area contributed by atoms with E-state index in [1.165, 1.54) is 6.42 Å². The first-order valence-corrected chi connectivity index (χ1v) is 15.1. The van der Waals surface area contributed by atoms with E-state index < -0.39 is 56.1 Å². The maximum absolute atomic E-state index is 13.7. The van der Waals surface area contributed by atoms with Crippen LogP contribution in [0.2, 0.25) is 0 Å². The molecule has 12 heteroatoms. The molecule has 214 valence electrons. The third kappa shape index (κ3) is 4.28. The van der Waals surface area contributed by atoms with Crippen molar-refractivity contribution >= 4 is 22.1 Å². The van der Waals surface area contributed by atoms with Gasteiger partial charge in [-0.2, -0.15) is 17.2 Å². The molecule has 8 fully saturated rings. The summed E-state index contributed by atoms with van der Waals surface area (Å²) >= 11 is 0. The molecular weight excluding hydrogens is 526 g/mol. The third-order valence-electron chi connectivity index (χ3n) is 10.8. The fourth-order valence-electron chi connectivity index (χ4n) is 9.84. The topological polar surface area (TPSA) is 136 Å². The van der Waals surface area contributed by atoms with Gasteiger partial charge in [0.25, 0.3) is 0 Å². The first-order valence-electron chi connectivity index (χ1n) is 13.6. The van der Waals surface area contributed by atoms with Gasteiger partial charge in [-0.1, -0.05) is 0 Å². The lowest BCUT2D eigenvalue weighted by Crippen LogP contribution is -2.66. The van der Waals surface area contributed by atoms with E-state index in [0.717, 1.165) is 37.5 Å². The van der Waals surface area contributed by atoms with E-state index in [1.54, 1.807) is 0 Å². The zero-order valence-electron chi connectivity index (χ0n) is 21.5. The van der Waals surface area contributed by atoms with Gasteiger partial charge in [-0.05, 0) is 101 Å². The van der Waals surface area contributed by atoms with Crippen LogP contribution in [-0.4, -0.2) is 65.3 Å². The Morgan fingerprint density at radius 1 is 0.947 bits per heavy atom. The van der Waals surface area contributed by atoms with Crippen LogP contribution >= 0.6 is 0 Å². The van der Waals surface area contributed by atoms with E-state index in [0.29, 0.717) is 24.7 Å². The van der Waals surface area contributed by atoms with E-state index in [2.05, 4.69) is 0 Å². The molecule has 0 amide bonds. The van der Waals surface area contributed by atoms with Crippen molar-refractivity contribution < 1.29 is 50.7 Å². The van der Waals surface area contributed by atoms with Crippen LogP contribution in [0.5, 0.6) is 0 Å². The molecule has 0 aliphatic heterocycles. The van der Waals surface area contributed by atoms with Crippen LogP contribution in [0.4, 0.5) is 8.78 Å². The Hall–Kier alpha value is -1.37. The quantitative estimate of drug-likeness (QED) is 0.337. The Bertz CT molecular complexity index is 1110. The summed E-state index contributed by atoms with van der Waals surface area (Å²) in [5, 5.41) is 6.61. The maximum atomic E-state index is 13.7. The molecule has 8 aliphatic rings. The van der Waals surface area contributed by atoms with Gasteiger partial charge in [0.2, 0.25) is 0 Å². The van der Waals surface area contributed by atoms with Gasteiger partial charge in [0.1, 0.15) is 12.2 Å². The van der Waals surface area contributed by atoms with Crippen LogP contribution in [-0.2, 0) is 33.9 Å². The van der Waals surface area contributed by atoms with Crippen LogP contribution in [0.3, 0.4) is 0 Å². The van der Waals surface area contributed by atoms with Crippen molar-refractivity contribution in [1.29, 1.82) is 0 Å². The maximum Gasteiger partial charge on any atom is 0.402 e. The molecule has 8 aliphatic carbocycles. The zero-order chi connectivity index (χ0) is 27.4. The predicted octanol–water partition coefficient (Wildman–Crippen LogP) is 3.24. The Kier molecular flexibility index (Phi) is 5.88. The van der Waals surface area contributed by atoms with Gasteiger partial charge in [0.15, 0.2) is 6.61 Å². The fourth-order valence-corrected chi connectivity index (χ4v) is 10.0. The Balaban J connectivity index is 1.13. The second kappa shape index (κ2) is 8.33. The summed E-state index contributed by atoms with van der Waals surface area (Å²) < 4.78 is 75.0.